The summed E-state index contributed by atoms with van der Waals surface area (Å²) < 4.78 is 0. The van der Waals surface area contributed by atoms with Gasteiger partial charge in [0, 0.05) is 22.6 Å². The number of fused-ring (bicyclic) bond motifs is 8. The molecule has 0 amide bonds. The Morgan fingerprint density at radius 2 is 0.700 bits per heavy atom. The molecule has 3 aromatic heterocycles. The van der Waals surface area contributed by atoms with E-state index < -0.39 is 0 Å². The van der Waals surface area contributed by atoms with Crippen LogP contribution in [-0.2, 0) is 46.7 Å². The van der Waals surface area contributed by atoms with Gasteiger partial charge < -0.3 is 29.9 Å². The van der Waals surface area contributed by atoms with Crippen molar-refractivity contribution in [3.05, 3.63) is 45.6 Å². The maximum atomic E-state index is 5.06. The molecule has 40 heavy (non-hydrogen) atoms. The summed E-state index contributed by atoms with van der Waals surface area (Å²) in [5.41, 5.74) is 11.6. The second-order valence-corrected chi connectivity index (χ2v) is 9.93. The molecular formula is C31H38N8Pt. The quantitative estimate of drug-likeness (QED) is 0.274. The van der Waals surface area contributed by atoms with E-state index in [2.05, 4.69) is 55.4 Å². The predicted molar refractivity (Wildman–Crippen MR) is 158 cm³/mol. The number of aryl methyl sites for hydroxylation is 4. The molecular weight excluding hydrogens is 679 g/mol. The first-order valence-electron chi connectivity index (χ1n) is 14.5. The van der Waals surface area contributed by atoms with Crippen molar-refractivity contribution >= 4 is 44.9 Å². The zero-order valence-corrected chi connectivity index (χ0v) is 27.1. The van der Waals surface area contributed by atoms with E-state index in [1.165, 1.54) is 0 Å². The van der Waals surface area contributed by atoms with E-state index in [1.54, 1.807) is 0 Å². The Bertz CT molecular complexity index is 1670. The molecule has 9 heteroatoms. The molecule has 0 N–H and O–H groups in total. The van der Waals surface area contributed by atoms with Crippen LogP contribution < -0.4 is 9.97 Å². The van der Waals surface area contributed by atoms with Gasteiger partial charge >= 0.3 is 21.1 Å². The molecule has 0 spiro atoms. The van der Waals surface area contributed by atoms with Gasteiger partial charge in [0.15, 0.2) is 0 Å². The van der Waals surface area contributed by atoms with Crippen LogP contribution in [0.5, 0.6) is 0 Å². The molecule has 5 heterocycles. The van der Waals surface area contributed by atoms with Gasteiger partial charge in [0.1, 0.15) is 0 Å². The van der Waals surface area contributed by atoms with Gasteiger partial charge in [-0.2, -0.15) is 0 Å². The maximum absolute atomic E-state index is 5.06. The normalized spacial score (nSPS) is 13.3. The van der Waals surface area contributed by atoms with Crippen molar-refractivity contribution in [2.75, 3.05) is 0 Å². The molecule has 0 atom stereocenters. The van der Waals surface area contributed by atoms with Crippen LogP contribution in [-0.4, -0.2) is 29.9 Å². The number of aromatic nitrogens is 8. The van der Waals surface area contributed by atoms with Gasteiger partial charge in [-0.1, -0.05) is 48.5 Å². The maximum Gasteiger partial charge on any atom is 2.00 e. The fourth-order valence-corrected chi connectivity index (χ4v) is 5.88. The van der Waals surface area contributed by atoms with Crippen LogP contribution in [0, 0.1) is 0 Å². The Labute approximate surface area is 251 Å². The third kappa shape index (κ3) is 4.89. The van der Waals surface area contributed by atoms with Crippen molar-refractivity contribution in [2.24, 2.45) is 0 Å². The smallest absolute Gasteiger partial charge is 0.358 e. The molecule has 0 fully saturated rings. The average Bonchev–Trinajstić information content (AvgIpc) is 3.64. The van der Waals surface area contributed by atoms with E-state index in [0.29, 0.717) is 45.9 Å². The van der Waals surface area contributed by atoms with Crippen LogP contribution in [0.4, 0.5) is 0 Å². The summed E-state index contributed by atoms with van der Waals surface area (Å²) in [7, 11) is 0. The largest absolute Gasteiger partial charge is 2.00 e. The minimum atomic E-state index is 0. The number of hydrogen-bond acceptors (Lipinski definition) is 6. The van der Waals surface area contributed by atoms with Crippen LogP contribution in [0.2, 0.25) is 0 Å². The number of hydrogen-bond donors (Lipinski definition) is 0. The van der Waals surface area contributed by atoms with Gasteiger partial charge in [-0.3, -0.25) is 0 Å². The van der Waals surface area contributed by atoms with E-state index >= 15 is 0 Å². The monoisotopic (exact) mass is 717 g/mol. The van der Waals surface area contributed by atoms with E-state index in [-0.39, 0.29) is 21.1 Å². The van der Waals surface area contributed by atoms with Gasteiger partial charge in [0.05, 0.1) is 23.3 Å². The van der Waals surface area contributed by atoms with E-state index in [0.717, 1.165) is 89.5 Å². The molecule has 3 aromatic rings. The molecule has 8 nitrogen and oxygen atoms in total. The summed E-state index contributed by atoms with van der Waals surface area (Å²) in [6.07, 6.45) is 5.72. The van der Waals surface area contributed by atoms with Crippen LogP contribution in [0.3, 0.4) is 0 Å². The van der Waals surface area contributed by atoms with Crippen molar-refractivity contribution in [2.45, 2.75) is 100 Å². The predicted octanol–water partition coefficient (Wildman–Crippen LogP) is 6.47. The fraction of sp³-hybridized carbons (Fsp3) is 0.484. The summed E-state index contributed by atoms with van der Waals surface area (Å²) in [6, 6.07) is 0. The van der Waals surface area contributed by atoms with E-state index in [9.17, 15) is 0 Å². The summed E-state index contributed by atoms with van der Waals surface area (Å²) in [5, 5.41) is 0. The van der Waals surface area contributed by atoms with Crippen LogP contribution in [0.25, 0.3) is 44.9 Å². The Balaban J connectivity index is 0.00000370. The molecule has 2 aliphatic heterocycles. The van der Waals surface area contributed by atoms with Crippen molar-refractivity contribution in [1.29, 1.82) is 0 Å². The van der Waals surface area contributed by atoms with E-state index in [4.69, 9.17) is 39.9 Å². The van der Waals surface area contributed by atoms with Crippen molar-refractivity contribution in [3.63, 3.8) is 0 Å². The summed E-state index contributed by atoms with van der Waals surface area (Å²) in [6.45, 7) is 17.1. The molecule has 0 radical (unpaired) electrons. The van der Waals surface area contributed by atoms with Gasteiger partial charge in [0.2, 0.25) is 0 Å². The summed E-state index contributed by atoms with van der Waals surface area (Å²) in [5.74, 6) is 2.75. The average molecular weight is 718 g/mol. The van der Waals surface area contributed by atoms with Crippen LogP contribution in [0.15, 0.2) is 0 Å². The molecule has 0 aromatic carbocycles. The fourth-order valence-electron chi connectivity index (χ4n) is 5.88. The van der Waals surface area contributed by atoms with Crippen LogP contribution >= 0.6 is 0 Å². The molecule has 0 saturated heterocycles. The second kappa shape index (κ2) is 12.3. The standard InChI is InChI=1S/C31H38N8.Pt/c1-9-17-16(8)24-32-25(17)34-27-20(12-4)21(13-5)29(36-27)38-31-23(15-7)22(14-6)30(39-31)37-28-19(11-3)18(10-2)26(33-24)35-28;/h9-15H2,1-8H3;/q-2;+2. The van der Waals surface area contributed by atoms with E-state index in [1.807, 2.05) is 0 Å². The molecule has 8 bridgehead atoms. The number of nitrogens with zero attached hydrogens (tertiary/aromatic N) is 8. The summed E-state index contributed by atoms with van der Waals surface area (Å²) in [4.78, 5) is 40.0. The molecule has 5 rings (SSSR count). The van der Waals surface area contributed by atoms with Gasteiger partial charge in [0.25, 0.3) is 0 Å². The molecule has 0 unspecified atom stereocenters. The molecule has 212 valence electrons. The molecule has 2 aliphatic rings. The van der Waals surface area contributed by atoms with Crippen molar-refractivity contribution < 1.29 is 21.1 Å². The van der Waals surface area contributed by atoms with Crippen molar-refractivity contribution in [3.8, 4) is 0 Å². The van der Waals surface area contributed by atoms with Gasteiger partial charge in [-0.25, -0.2) is 9.97 Å². The molecule has 0 saturated carbocycles. The van der Waals surface area contributed by atoms with Crippen molar-refractivity contribution in [1.82, 2.24) is 39.9 Å². The minimum absolute atomic E-state index is 0. The second-order valence-electron chi connectivity index (χ2n) is 9.93. The number of allylic oxidation sites excluding steroid dienone is 4. The zero-order valence-electron chi connectivity index (χ0n) is 24.8. The van der Waals surface area contributed by atoms with Gasteiger partial charge in [-0.05, 0) is 96.4 Å². The third-order valence-corrected chi connectivity index (χ3v) is 7.94. The SMILES string of the molecule is CCC1=C(C)c2nc1nc1[n-]c(nc3nc(nc4[n-]c(n2)c(CC)c4CC)C(CC)=C3CC)c(CC)c1CC.[Pt+2]. The summed E-state index contributed by atoms with van der Waals surface area (Å²) >= 11 is 0. The van der Waals surface area contributed by atoms with Crippen LogP contribution in [0.1, 0.15) is 120 Å². The minimum Gasteiger partial charge on any atom is -0.358 e. The Morgan fingerprint density at radius 1 is 0.400 bits per heavy atom. The molecule has 0 aliphatic carbocycles. The third-order valence-electron chi connectivity index (χ3n) is 7.94. The van der Waals surface area contributed by atoms with Gasteiger partial charge in [-0.15, -0.1) is 0 Å². The first kappa shape index (κ1) is 30.0. The first-order valence-corrected chi connectivity index (χ1v) is 14.5. The zero-order chi connectivity index (χ0) is 27.8. The Kier molecular flexibility index (Phi) is 9.18. The first-order chi connectivity index (χ1) is 18.9. The Morgan fingerprint density at radius 3 is 1.02 bits per heavy atom. The number of rotatable bonds is 7. The topological polar surface area (TPSA) is 106 Å². The Hall–Kier alpha value is -2.99.